The molecule has 0 aliphatic heterocycles. The minimum atomic E-state index is -0.315. The first-order chi connectivity index (χ1) is 17.5. The molecule has 36 heavy (non-hydrogen) atoms. The van der Waals surface area contributed by atoms with Gasteiger partial charge in [0.2, 0.25) is 0 Å². The van der Waals surface area contributed by atoms with Crippen molar-refractivity contribution in [1.82, 2.24) is 14.9 Å². The van der Waals surface area contributed by atoms with Gasteiger partial charge in [0.25, 0.3) is 0 Å². The second kappa shape index (κ2) is 12.0. The largest absolute Gasteiger partial charge is 0.494 e. The topological polar surface area (TPSA) is 76.6 Å². The first-order valence-electron chi connectivity index (χ1n) is 12.3. The van der Waals surface area contributed by atoms with Gasteiger partial charge in [-0.05, 0) is 68.9 Å². The Morgan fingerprint density at radius 2 is 1.72 bits per heavy atom. The smallest absolute Gasteiger partial charge is 0.338 e. The Hall–Kier alpha value is -3.49. The van der Waals surface area contributed by atoms with Crippen molar-refractivity contribution in [2.45, 2.75) is 27.7 Å². The minimum Gasteiger partial charge on any atom is -0.494 e. The lowest BCUT2D eigenvalue weighted by atomic mass is 10.0. The number of nitrogens with zero attached hydrogens (tertiary/aromatic N) is 3. The maximum Gasteiger partial charge on any atom is 0.338 e. The summed E-state index contributed by atoms with van der Waals surface area (Å²) in [6, 6.07) is 15.4. The molecule has 2 aromatic heterocycles. The predicted molar refractivity (Wildman–Crippen MR) is 147 cm³/mol. The molecule has 0 spiro atoms. The van der Waals surface area contributed by atoms with E-state index in [-0.39, 0.29) is 5.97 Å². The quantitative estimate of drug-likeness (QED) is 0.240. The van der Waals surface area contributed by atoms with Crippen LogP contribution in [0.5, 0.6) is 5.75 Å². The third-order valence-electron chi connectivity index (χ3n) is 6.04. The summed E-state index contributed by atoms with van der Waals surface area (Å²) in [5, 5.41) is 4.39. The van der Waals surface area contributed by atoms with Crippen molar-refractivity contribution in [3.8, 4) is 16.9 Å². The van der Waals surface area contributed by atoms with Gasteiger partial charge in [0.1, 0.15) is 29.3 Å². The van der Waals surface area contributed by atoms with Crippen LogP contribution in [0.15, 0.2) is 54.9 Å². The zero-order chi connectivity index (χ0) is 25.5. The summed E-state index contributed by atoms with van der Waals surface area (Å²) in [7, 11) is 0. The van der Waals surface area contributed by atoms with E-state index in [1.54, 1.807) is 29.8 Å². The van der Waals surface area contributed by atoms with Crippen LogP contribution in [0.4, 0.5) is 11.5 Å². The maximum absolute atomic E-state index is 12.4. The molecule has 0 radical (unpaired) electrons. The van der Waals surface area contributed by atoms with Crippen LogP contribution in [-0.2, 0) is 4.74 Å². The fraction of sp³-hybridized carbons (Fsp3) is 0.321. The normalized spacial score (nSPS) is 11.1. The van der Waals surface area contributed by atoms with Crippen molar-refractivity contribution >= 4 is 39.0 Å². The molecule has 7 nitrogen and oxygen atoms in total. The van der Waals surface area contributed by atoms with Gasteiger partial charge in [-0.2, -0.15) is 0 Å². The van der Waals surface area contributed by atoms with Gasteiger partial charge in [-0.1, -0.05) is 26.0 Å². The highest BCUT2D eigenvalue weighted by Gasteiger charge is 2.17. The molecule has 0 aliphatic carbocycles. The summed E-state index contributed by atoms with van der Waals surface area (Å²) in [5.74, 6) is 1.26. The van der Waals surface area contributed by atoms with Crippen molar-refractivity contribution in [2.24, 2.45) is 0 Å². The van der Waals surface area contributed by atoms with E-state index >= 15 is 0 Å². The van der Waals surface area contributed by atoms with E-state index < -0.39 is 0 Å². The first-order valence-corrected chi connectivity index (χ1v) is 13.1. The van der Waals surface area contributed by atoms with Crippen LogP contribution in [0.25, 0.3) is 21.3 Å². The molecule has 1 N–H and O–H groups in total. The van der Waals surface area contributed by atoms with E-state index in [0.717, 1.165) is 58.2 Å². The molecule has 2 aromatic carbocycles. The summed E-state index contributed by atoms with van der Waals surface area (Å²) in [4.78, 5) is 25.8. The lowest BCUT2D eigenvalue weighted by molar-refractivity contribution is 0.0466. The summed E-state index contributed by atoms with van der Waals surface area (Å²) in [6.07, 6.45) is 1.57. The zero-order valence-corrected chi connectivity index (χ0v) is 22.0. The summed E-state index contributed by atoms with van der Waals surface area (Å²) in [5.41, 5.74) is 3.54. The van der Waals surface area contributed by atoms with Crippen molar-refractivity contribution in [3.05, 3.63) is 65.3 Å². The van der Waals surface area contributed by atoms with Gasteiger partial charge >= 0.3 is 5.97 Å². The number of aromatic nitrogens is 2. The van der Waals surface area contributed by atoms with Crippen molar-refractivity contribution < 1.29 is 14.3 Å². The number of hydrogen-bond acceptors (Lipinski definition) is 8. The molecule has 0 amide bonds. The van der Waals surface area contributed by atoms with Gasteiger partial charge in [0, 0.05) is 22.7 Å². The van der Waals surface area contributed by atoms with E-state index in [2.05, 4.69) is 53.1 Å². The summed E-state index contributed by atoms with van der Waals surface area (Å²) >= 11 is 1.64. The molecule has 0 unspecified atom stereocenters. The number of aryl methyl sites for hydroxylation is 1. The number of rotatable bonds is 11. The highest BCUT2D eigenvalue weighted by molar-refractivity contribution is 7.19. The third kappa shape index (κ3) is 5.83. The molecule has 0 aliphatic rings. The van der Waals surface area contributed by atoms with Gasteiger partial charge in [0.05, 0.1) is 17.6 Å². The Morgan fingerprint density at radius 3 is 2.39 bits per heavy atom. The lowest BCUT2D eigenvalue weighted by Gasteiger charge is -2.17. The fourth-order valence-corrected chi connectivity index (χ4v) is 5.10. The second-order valence-corrected chi connectivity index (χ2v) is 9.46. The molecule has 0 fully saturated rings. The number of benzene rings is 2. The number of esters is 1. The number of fused-ring (bicyclic) bond motifs is 1. The Morgan fingerprint density at radius 1 is 1.00 bits per heavy atom. The average Bonchev–Trinajstić information content (AvgIpc) is 3.24. The lowest BCUT2D eigenvalue weighted by Crippen LogP contribution is -2.27. The number of carbonyl (C=O) groups is 1. The molecular formula is C28H32N4O3S. The molecule has 0 saturated carbocycles. The second-order valence-electron chi connectivity index (χ2n) is 8.26. The van der Waals surface area contributed by atoms with Crippen LogP contribution in [0.3, 0.4) is 0 Å². The van der Waals surface area contributed by atoms with Crippen LogP contribution < -0.4 is 10.1 Å². The molecular weight excluding hydrogens is 472 g/mol. The molecule has 2 heterocycles. The van der Waals surface area contributed by atoms with Gasteiger partial charge in [-0.3, -0.25) is 0 Å². The summed E-state index contributed by atoms with van der Waals surface area (Å²) in [6.45, 7) is 11.9. The number of likely N-dealkylation sites (N-methyl/N-ethyl adjacent to an activating group) is 1. The Balaban J connectivity index is 1.53. The molecule has 0 atom stereocenters. The number of thiophene rings is 1. The molecule has 8 heteroatoms. The monoisotopic (exact) mass is 504 g/mol. The van der Waals surface area contributed by atoms with Gasteiger partial charge < -0.3 is 19.7 Å². The number of nitrogens with one attached hydrogen (secondary N) is 1. The Labute approximate surface area is 216 Å². The molecule has 4 rings (SSSR count). The van der Waals surface area contributed by atoms with E-state index in [1.165, 1.54) is 4.88 Å². The van der Waals surface area contributed by atoms with E-state index in [0.29, 0.717) is 18.8 Å². The Bertz CT molecular complexity index is 1300. The van der Waals surface area contributed by atoms with Crippen molar-refractivity contribution in [2.75, 3.05) is 38.2 Å². The van der Waals surface area contributed by atoms with Gasteiger partial charge in [-0.15, -0.1) is 11.3 Å². The zero-order valence-electron chi connectivity index (χ0n) is 21.2. The van der Waals surface area contributed by atoms with E-state index in [9.17, 15) is 4.79 Å². The van der Waals surface area contributed by atoms with E-state index in [1.807, 2.05) is 31.2 Å². The first kappa shape index (κ1) is 25.6. The minimum absolute atomic E-state index is 0.315. The van der Waals surface area contributed by atoms with Gasteiger partial charge in [0.15, 0.2) is 0 Å². The predicted octanol–water partition coefficient (Wildman–Crippen LogP) is 6.31. The van der Waals surface area contributed by atoms with Crippen LogP contribution in [0.1, 0.15) is 36.0 Å². The molecule has 188 valence electrons. The van der Waals surface area contributed by atoms with Crippen LogP contribution in [0.2, 0.25) is 0 Å². The summed E-state index contributed by atoms with van der Waals surface area (Å²) < 4.78 is 11.0. The van der Waals surface area contributed by atoms with Crippen molar-refractivity contribution in [1.29, 1.82) is 0 Å². The number of ether oxygens (including phenoxy) is 2. The fourth-order valence-electron chi connectivity index (χ4n) is 4.09. The molecule has 4 aromatic rings. The Kier molecular flexibility index (Phi) is 8.51. The average molecular weight is 505 g/mol. The standard InChI is InChI=1S/C28H32N4O3S/c1-5-32(6-2)16-17-35-28(33)21-8-12-22(13-9-21)31-26-25-24(19(4)36-27(25)30-18-29-26)20-10-14-23(15-11-20)34-7-3/h8-15,18H,5-7,16-17H2,1-4H3,(H,29,30,31). The van der Waals surface area contributed by atoms with E-state index in [4.69, 9.17) is 9.47 Å². The highest BCUT2D eigenvalue weighted by atomic mass is 32.1. The van der Waals surface area contributed by atoms with Crippen LogP contribution >= 0.6 is 11.3 Å². The third-order valence-corrected chi connectivity index (χ3v) is 7.05. The number of hydrogen-bond donors (Lipinski definition) is 1. The van der Waals surface area contributed by atoms with Crippen LogP contribution in [-0.4, -0.2) is 53.7 Å². The number of anilines is 2. The van der Waals surface area contributed by atoms with Crippen LogP contribution in [0, 0.1) is 6.92 Å². The molecule has 0 bridgehead atoms. The number of carbonyl (C=O) groups excluding carboxylic acids is 1. The maximum atomic E-state index is 12.4. The van der Waals surface area contributed by atoms with Gasteiger partial charge in [-0.25, -0.2) is 14.8 Å². The highest BCUT2D eigenvalue weighted by Crippen LogP contribution is 2.41. The SMILES string of the molecule is CCOc1ccc(-c2c(C)sc3ncnc(Nc4ccc(C(=O)OCCN(CC)CC)cc4)c23)cc1. The van der Waals surface area contributed by atoms with Crippen molar-refractivity contribution in [3.63, 3.8) is 0 Å². The molecule has 0 saturated heterocycles.